The molecule has 1 N–H and O–H groups in total. The lowest BCUT2D eigenvalue weighted by atomic mass is 9.92. The summed E-state index contributed by atoms with van der Waals surface area (Å²) in [6, 6.07) is 1.45. The minimum absolute atomic E-state index is 0.653. The lowest BCUT2D eigenvalue weighted by Crippen LogP contribution is -2.48. The van der Waals surface area contributed by atoms with Crippen molar-refractivity contribution in [2.75, 3.05) is 6.26 Å². The van der Waals surface area contributed by atoms with E-state index in [1.54, 1.807) is 0 Å². The Morgan fingerprint density at radius 1 is 1.40 bits per heavy atom. The Morgan fingerprint density at radius 2 is 2.10 bits per heavy atom. The van der Waals surface area contributed by atoms with Crippen LogP contribution in [0.15, 0.2) is 0 Å². The minimum atomic E-state index is 0.653. The molecule has 0 heterocycles. The van der Waals surface area contributed by atoms with Crippen LogP contribution in [0.25, 0.3) is 0 Å². The number of hydrogen-bond donors (Lipinski definition) is 1. The van der Waals surface area contributed by atoms with Crippen LogP contribution in [0.2, 0.25) is 0 Å². The Kier molecular flexibility index (Phi) is 3.05. The van der Waals surface area contributed by atoms with Crippen molar-refractivity contribution in [1.29, 1.82) is 0 Å². The predicted molar refractivity (Wildman–Crippen MR) is 48.6 cm³/mol. The molecule has 0 aliphatic heterocycles. The van der Waals surface area contributed by atoms with Crippen LogP contribution < -0.4 is 5.32 Å². The molecule has 1 saturated carbocycles. The second kappa shape index (κ2) is 3.63. The quantitative estimate of drug-likeness (QED) is 0.675. The van der Waals surface area contributed by atoms with Crippen LogP contribution >= 0.6 is 11.8 Å². The van der Waals surface area contributed by atoms with Crippen molar-refractivity contribution < 1.29 is 0 Å². The maximum absolute atomic E-state index is 3.56. The average molecular weight is 159 g/mol. The summed E-state index contributed by atoms with van der Waals surface area (Å²) in [6.45, 7) is 4.44. The smallest absolute Gasteiger partial charge is 0.0199 e. The molecule has 0 radical (unpaired) electrons. The van der Waals surface area contributed by atoms with E-state index in [2.05, 4.69) is 25.4 Å². The second-order valence-electron chi connectivity index (χ2n) is 3.28. The van der Waals surface area contributed by atoms with Gasteiger partial charge in [0.2, 0.25) is 0 Å². The zero-order valence-corrected chi connectivity index (χ0v) is 7.87. The van der Waals surface area contributed by atoms with Crippen molar-refractivity contribution >= 4 is 11.8 Å². The Labute approximate surface area is 68.0 Å². The van der Waals surface area contributed by atoms with Crippen molar-refractivity contribution in [3.05, 3.63) is 0 Å². The molecule has 60 valence electrons. The van der Waals surface area contributed by atoms with Crippen LogP contribution in [0.5, 0.6) is 0 Å². The molecule has 1 aliphatic carbocycles. The molecule has 1 aliphatic rings. The third-order valence-electron chi connectivity index (χ3n) is 2.06. The lowest BCUT2D eigenvalue weighted by Gasteiger charge is -2.37. The molecule has 0 amide bonds. The normalized spacial score (nSPS) is 32.4. The summed E-state index contributed by atoms with van der Waals surface area (Å²) in [5.41, 5.74) is 0. The van der Waals surface area contributed by atoms with Crippen molar-refractivity contribution in [1.82, 2.24) is 5.32 Å². The van der Waals surface area contributed by atoms with Gasteiger partial charge < -0.3 is 5.32 Å². The van der Waals surface area contributed by atoms with Crippen LogP contribution in [0.1, 0.15) is 26.7 Å². The van der Waals surface area contributed by atoms with Gasteiger partial charge in [0.25, 0.3) is 0 Å². The summed E-state index contributed by atoms with van der Waals surface area (Å²) < 4.78 is 0. The van der Waals surface area contributed by atoms with E-state index < -0.39 is 0 Å². The molecule has 0 aromatic rings. The summed E-state index contributed by atoms with van der Waals surface area (Å²) in [7, 11) is 0. The molecule has 0 aromatic carbocycles. The van der Waals surface area contributed by atoms with Crippen molar-refractivity contribution in [2.24, 2.45) is 0 Å². The Bertz CT molecular complexity index is 101. The summed E-state index contributed by atoms with van der Waals surface area (Å²) in [4.78, 5) is 0. The SMILES string of the molecule is CSC1CCC1NC(C)C. The van der Waals surface area contributed by atoms with E-state index in [4.69, 9.17) is 0 Å². The fourth-order valence-corrected chi connectivity index (χ4v) is 2.29. The number of thioether (sulfide) groups is 1. The number of hydrogen-bond acceptors (Lipinski definition) is 2. The summed E-state index contributed by atoms with van der Waals surface area (Å²) in [6.07, 6.45) is 4.99. The van der Waals surface area contributed by atoms with Gasteiger partial charge in [-0.2, -0.15) is 11.8 Å². The zero-order valence-electron chi connectivity index (χ0n) is 7.05. The molecule has 2 unspecified atom stereocenters. The van der Waals surface area contributed by atoms with Crippen molar-refractivity contribution in [3.8, 4) is 0 Å². The Hall–Kier alpha value is 0.310. The van der Waals surface area contributed by atoms with Gasteiger partial charge in [-0.25, -0.2) is 0 Å². The topological polar surface area (TPSA) is 12.0 Å². The first kappa shape index (κ1) is 8.41. The fraction of sp³-hybridized carbons (Fsp3) is 1.00. The molecule has 0 aromatic heterocycles. The summed E-state index contributed by atoms with van der Waals surface area (Å²) in [5, 5.41) is 4.45. The highest BCUT2D eigenvalue weighted by atomic mass is 32.2. The molecule has 1 nitrogen and oxygen atoms in total. The molecule has 2 atom stereocenters. The van der Waals surface area contributed by atoms with Crippen molar-refractivity contribution in [2.45, 2.75) is 44.0 Å². The highest BCUT2D eigenvalue weighted by molar-refractivity contribution is 7.99. The van der Waals surface area contributed by atoms with E-state index in [-0.39, 0.29) is 0 Å². The van der Waals surface area contributed by atoms with Gasteiger partial charge in [0.1, 0.15) is 0 Å². The van der Waals surface area contributed by atoms with E-state index in [0.29, 0.717) is 6.04 Å². The predicted octanol–water partition coefficient (Wildman–Crippen LogP) is 1.88. The molecule has 0 saturated heterocycles. The lowest BCUT2D eigenvalue weighted by molar-refractivity contribution is 0.331. The van der Waals surface area contributed by atoms with E-state index in [0.717, 1.165) is 11.3 Å². The van der Waals surface area contributed by atoms with Crippen LogP contribution in [-0.4, -0.2) is 23.6 Å². The Balaban J connectivity index is 2.16. The largest absolute Gasteiger partial charge is 0.311 e. The molecule has 0 bridgehead atoms. The summed E-state index contributed by atoms with van der Waals surface area (Å²) in [5.74, 6) is 0. The van der Waals surface area contributed by atoms with Gasteiger partial charge in [0, 0.05) is 17.3 Å². The average Bonchev–Trinajstić information content (AvgIpc) is 1.82. The molecule has 2 heteroatoms. The van der Waals surface area contributed by atoms with E-state index in [9.17, 15) is 0 Å². The fourth-order valence-electron chi connectivity index (χ4n) is 1.37. The van der Waals surface area contributed by atoms with Crippen LogP contribution in [0.4, 0.5) is 0 Å². The molecule has 1 rings (SSSR count). The number of rotatable bonds is 3. The van der Waals surface area contributed by atoms with Gasteiger partial charge >= 0.3 is 0 Å². The third-order valence-corrected chi connectivity index (χ3v) is 3.23. The molecular weight excluding hydrogens is 142 g/mol. The summed E-state index contributed by atoms with van der Waals surface area (Å²) >= 11 is 2.00. The standard InChI is InChI=1S/C8H17NS/c1-6(2)9-7-4-5-8(7)10-3/h6-9H,4-5H2,1-3H3. The highest BCUT2D eigenvalue weighted by Crippen LogP contribution is 2.30. The zero-order chi connectivity index (χ0) is 7.56. The second-order valence-corrected chi connectivity index (χ2v) is 4.36. The first-order valence-electron chi connectivity index (χ1n) is 4.03. The number of nitrogens with one attached hydrogen (secondary N) is 1. The first-order chi connectivity index (χ1) is 4.74. The van der Waals surface area contributed by atoms with Gasteiger partial charge in [-0.05, 0) is 19.1 Å². The first-order valence-corrected chi connectivity index (χ1v) is 5.31. The molecule has 1 fully saturated rings. The van der Waals surface area contributed by atoms with Crippen LogP contribution in [-0.2, 0) is 0 Å². The maximum atomic E-state index is 3.56. The van der Waals surface area contributed by atoms with Gasteiger partial charge in [-0.1, -0.05) is 13.8 Å². The van der Waals surface area contributed by atoms with Gasteiger partial charge in [-0.3, -0.25) is 0 Å². The highest BCUT2D eigenvalue weighted by Gasteiger charge is 2.29. The van der Waals surface area contributed by atoms with E-state index >= 15 is 0 Å². The minimum Gasteiger partial charge on any atom is -0.311 e. The molecular formula is C8H17NS. The molecule has 0 spiro atoms. The molecule has 10 heavy (non-hydrogen) atoms. The monoisotopic (exact) mass is 159 g/mol. The van der Waals surface area contributed by atoms with E-state index in [1.807, 2.05) is 11.8 Å². The maximum Gasteiger partial charge on any atom is 0.0199 e. The van der Waals surface area contributed by atoms with Crippen LogP contribution in [0, 0.1) is 0 Å². The van der Waals surface area contributed by atoms with E-state index in [1.165, 1.54) is 12.8 Å². The van der Waals surface area contributed by atoms with Gasteiger partial charge in [0.05, 0.1) is 0 Å². The van der Waals surface area contributed by atoms with Crippen LogP contribution in [0.3, 0.4) is 0 Å². The third kappa shape index (κ3) is 1.89. The van der Waals surface area contributed by atoms with Gasteiger partial charge in [-0.15, -0.1) is 0 Å². The van der Waals surface area contributed by atoms with Crippen molar-refractivity contribution in [3.63, 3.8) is 0 Å². The Morgan fingerprint density at radius 3 is 2.40 bits per heavy atom. The van der Waals surface area contributed by atoms with Gasteiger partial charge in [0.15, 0.2) is 0 Å².